The molecule has 0 aliphatic rings. The Morgan fingerprint density at radius 1 is 1.13 bits per heavy atom. The SMILES string of the molecule is Fc1c(Br)ccc2c(-c3nccn3Cc3ccccc3)n[nH]c12. The molecule has 6 heteroatoms. The van der Waals surface area contributed by atoms with Crippen LogP contribution in [0, 0.1) is 5.82 Å². The lowest BCUT2D eigenvalue weighted by molar-refractivity contribution is 0.630. The number of nitrogens with one attached hydrogen (secondary N) is 1. The molecule has 0 radical (unpaired) electrons. The van der Waals surface area contributed by atoms with Crippen molar-refractivity contribution in [2.45, 2.75) is 6.54 Å². The molecule has 4 rings (SSSR count). The second kappa shape index (κ2) is 5.62. The van der Waals surface area contributed by atoms with Gasteiger partial charge in [0.05, 0.1) is 4.47 Å². The Kier molecular flexibility index (Phi) is 3.46. The van der Waals surface area contributed by atoms with Crippen LogP contribution in [0.2, 0.25) is 0 Å². The summed E-state index contributed by atoms with van der Waals surface area (Å²) in [6, 6.07) is 13.6. The molecule has 0 amide bonds. The molecule has 0 saturated heterocycles. The van der Waals surface area contributed by atoms with E-state index in [1.165, 1.54) is 5.56 Å². The van der Waals surface area contributed by atoms with E-state index < -0.39 is 0 Å². The van der Waals surface area contributed by atoms with Crippen LogP contribution in [0.25, 0.3) is 22.4 Å². The van der Waals surface area contributed by atoms with Crippen molar-refractivity contribution < 1.29 is 4.39 Å². The predicted octanol–water partition coefficient (Wildman–Crippen LogP) is 4.38. The first-order valence-corrected chi connectivity index (χ1v) is 7.91. The number of H-pyrrole nitrogens is 1. The second-order valence-electron chi connectivity index (χ2n) is 5.22. The standard InChI is InChI=1S/C17H12BrFN4/c18-13-7-6-12-15(14(13)19)21-22-16(12)17-20-8-9-23(17)10-11-4-2-1-3-5-11/h1-9H,10H2,(H,21,22). The number of fused-ring (bicyclic) bond motifs is 1. The molecule has 0 unspecified atom stereocenters. The second-order valence-corrected chi connectivity index (χ2v) is 6.07. The number of rotatable bonds is 3. The number of aromatic nitrogens is 4. The number of imidazole rings is 1. The van der Waals surface area contributed by atoms with Crippen LogP contribution in [0.4, 0.5) is 4.39 Å². The molecule has 2 aromatic carbocycles. The first-order valence-electron chi connectivity index (χ1n) is 7.11. The van der Waals surface area contributed by atoms with E-state index in [2.05, 4.69) is 43.2 Å². The molecule has 2 aromatic heterocycles. The third kappa shape index (κ3) is 2.45. The molecule has 4 nitrogen and oxygen atoms in total. The number of benzene rings is 2. The normalized spacial score (nSPS) is 11.2. The minimum Gasteiger partial charge on any atom is -0.325 e. The zero-order valence-electron chi connectivity index (χ0n) is 12.0. The molecule has 0 atom stereocenters. The monoisotopic (exact) mass is 370 g/mol. The Hall–Kier alpha value is -2.47. The molecule has 4 aromatic rings. The lowest BCUT2D eigenvalue weighted by Gasteiger charge is -2.06. The Bertz CT molecular complexity index is 975. The Labute approximate surface area is 140 Å². The van der Waals surface area contributed by atoms with Crippen LogP contribution in [0.15, 0.2) is 59.3 Å². The highest BCUT2D eigenvalue weighted by Gasteiger charge is 2.17. The summed E-state index contributed by atoms with van der Waals surface area (Å²) in [5, 5.41) is 7.76. The van der Waals surface area contributed by atoms with Gasteiger partial charge in [-0.15, -0.1) is 0 Å². The molecular formula is C17H12BrFN4. The van der Waals surface area contributed by atoms with Crippen LogP contribution in [0.5, 0.6) is 0 Å². The van der Waals surface area contributed by atoms with Crippen LogP contribution in [0.1, 0.15) is 5.56 Å². The van der Waals surface area contributed by atoms with Crippen molar-refractivity contribution in [2.24, 2.45) is 0 Å². The number of hydrogen-bond donors (Lipinski definition) is 1. The fraction of sp³-hybridized carbons (Fsp3) is 0.0588. The van der Waals surface area contributed by atoms with Crippen LogP contribution in [-0.2, 0) is 6.54 Å². The zero-order valence-corrected chi connectivity index (χ0v) is 13.6. The first kappa shape index (κ1) is 14.1. The van der Waals surface area contributed by atoms with Gasteiger partial charge in [-0.05, 0) is 33.6 Å². The molecule has 0 aliphatic heterocycles. The fourth-order valence-electron chi connectivity index (χ4n) is 2.63. The number of aromatic amines is 1. The van der Waals surface area contributed by atoms with Gasteiger partial charge in [0.15, 0.2) is 11.6 Å². The van der Waals surface area contributed by atoms with E-state index in [0.29, 0.717) is 33.4 Å². The van der Waals surface area contributed by atoms with Crippen molar-refractivity contribution in [1.82, 2.24) is 19.7 Å². The van der Waals surface area contributed by atoms with E-state index in [0.717, 1.165) is 0 Å². The van der Waals surface area contributed by atoms with Crippen LogP contribution < -0.4 is 0 Å². The molecule has 0 fully saturated rings. The smallest absolute Gasteiger partial charge is 0.163 e. The van der Waals surface area contributed by atoms with Gasteiger partial charge >= 0.3 is 0 Å². The molecule has 0 aliphatic carbocycles. The Morgan fingerprint density at radius 2 is 1.96 bits per heavy atom. The van der Waals surface area contributed by atoms with Crippen LogP contribution in [0.3, 0.4) is 0 Å². The number of nitrogens with zero attached hydrogens (tertiary/aromatic N) is 3. The van der Waals surface area contributed by atoms with Crippen LogP contribution >= 0.6 is 15.9 Å². The molecule has 1 N–H and O–H groups in total. The van der Waals surface area contributed by atoms with Gasteiger partial charge in [-0.3, -0.25) is 5.10 Å². The number of halogens is 2. The summed E-state index contributed by atoms with van der Waals surface area (Å²) in [5.74, 6) is 0.365. The van der Waals surface area contributed by atoms with Gasteiger partial charge in [0.1, 0.15) is 11.2 Å². The maximum atomic E-state index is 14.2. The quantitative estimate of drug-likeness (QED) is 0.581. The van der Waals surface area contributed by atoms with E-state index >= 15 is 0 Å². The minimum atomic E-state index is -0.345. The van der Waals surface area contributed by atoms with Gasteiger partial charge in [-0.1, -0.05) is 30.3 Å². The maximum absolute atomic E-state index is 14.2. The fourth-order valence-corrected chi connectivity index (χ4v) is 2.96. The predicted molar refractivity (Wildman–Crippen MR) is 90.5 cm³/mol. The van der Waals surface area contributed by atoms with Gasteiger partial charge in [0.25, 0.3) is 0 Å². The third-order valence-corrected chi connectivity index (χ3v) is 4.36. The topological polar surface area (TPSA) is 46.5 Å². The highest BCUT2D eigenvalue weighted by Crippen LogP contribution is 2.30. The molecule has 0 bridgehead atoms. The summed E-state index contributed by atoms with van der Waals surface area (Å²) in [4.78, 5) is 4.40. The summed E-state index contributed by atoms with van der Waals surface area (Å²) < 4.78 is 16.6. The van der Waals surface area contributed by atoms with Gasteiger partial charge in [-0.2, -0.15) is 5.10 Å². The van der Waals surface area contributed by atoms with Crippen molar-refractivity contribution in [1.29, 1.82) is 0 Å². The van der Waals surface area contributed by atoms with E-state index in [1.54, 1.807) is 12.3 Å². The lowest BCUT2D eigenvalue weighted by atomic mass is 10.2. The zero-order chi connectivity index (χ0) is 15.8. The average molecular weight is 371 g/mol. The van der Waals surface area contributed by atoms with E-state index in [9.17, 15) is 4.39 Å². The van der Waals surface area contributed by atoms with Crippen molar-refractivity contribution in [3.05, 3.63) is 70.7 Å². The van der Waals surface area contributed by atoms with E-state index in [4.69, 9.17) is 0 Å². The summed E-state index contributed by atoms with van der Waals surface area (Å²) in [6.07, 6.45) is 3.63. The van der Waals surface area contributed by atoms with Gasteiger partial charge in [-0.25, -0.2) is 9.37 Å². The third-order valence-electron chi connectivity index (χ3n) is 3.75. The summed E-state index contributed by atoms with van der Waals surface area (Å²) >= 11 is 3.19. The minimum absolute atomic E-state index is 0.345. The van der Waals surface area contributed by atoms with Crippen molar-refractivity contribution >= 4 is 26.8 Å². The largest absolute Gasteiger partial charge is 0.325 e. The molecule has 0 spiro atoms. The number of hydrogen-bond acceptors (Lipinski definition) is 2. The summed E-state index contributed by atoms with van der Waals surface area (Å²) in [6.45, 7) is 0.684. The van der Waals surface area contributed by atoms with Crippen LogP contribution in [-0.4, -0.2) is 19.7 Å². The van der Waals surface area contributed by atoms with Crippen molar-refractivity contribution in [3.63, 3.8) is 0 Å². The molecule has 2 heterocycles. The molecule has 23 heavy (non-hydrogen) atoms. The molecule has 0 saturated carbocycles. The Balaban J connectivity index is 1.81. The van der Waals surface area contributed by atoms with Gasteiger partial charge < -0.3 is 4.57 Å². The van der Waals surface area contributed by atoms with Gasteiger partial charge in [0, 0.05) is 24.3 Å². The highest BCUT2D eigenvalue weighted by molar-refractivity contribution is 9.10. The van der Waals surface area contributed by atoms with Gasteiger partial charge in [0.2, 0.25) is 0 Å². The summed E-state index contributed by atoms with van der Waals surface area (Å²) in [5.41, 5.74) is 2.19. The van der Waals surface area contributed by atoms with E-state index in [1.807, 2.05) is 35.0 Å². The maximum Gasteiger partial charge on any atom is 0.163 e. The lowest BCUT2D eigenvalue weighted by Crippen LogP contribution is -2.01. The Morgan fingerprint density at radius 3 is 2.78 bits per heavy atom. The highest BCUT2D eigenvalue weighted by atomic mass is 79.9. The molecular weight excluding hydrogens is 359 g/mol. The van der Waals surface area contributed by atoms with Crippen molar-refractivity contribution in [2.75, 3.05) is 0 Å². The van der Waals surface area contributed by atoms with Crippen molar-refractivity contribution in [3.8, 4) is 11.5 Å². The van der Waals surface area contributed by atoms with E-state index in [-0.39, 0.29) is 5.82 Å². The molecule has 114 valence electrons. The first-order chi connectivity index (χ1) is 11.2. The average Bonchev–Trinajstić information content (AvgIpc) is 3.18. The summed E-state index contributed by atoms with van der Waals surface area (Å²) in [7, 11) is 0.